The minimum atomic E-state index is 0.625. The molecule has 0 heterocycles. The quantitative estimate of drug-likeness (QED) is 0.730. The van der Waals surface area contributed by atoms with Crippen molar-refractivity contribution in [1.29, 1.82) is 0 Å². The first-order valence-corrected chi connectivity index (χ1v) is 4.21. The number of hydrogen-bond donors (Lipinski definition) is 1. The smallest absolute Gasteiger partial charge is 0.0408 e. The van der Waals surface area contributed by atoms with E-state index in [1.807, 2.05) is 24.3 Å². The molecule has 0 saturated heterocycles. The van der Waals surface area contributed by atoms with Crippen LogP contribution >= 0.6 is 11.6 Å². The van der Waals surface area contributed by atoms with Crippen LogP contribution in [0, 0.1) is 0 Å². The lowest BCUT2D eigenvalue weighted by Crippen LogP contribution is -2.15. The summed E-state index contributed by atoms with van der Waals surface area (Å²) in [5, 5.41) is 10.8. The van der Waals surface area contributed by atoms with Crippen molar-refractivity contribution in [3.05, 3.63) is 34.9 Å². The molecule has 0 saturated carbocycles. The average molecular weight is 186 g/mol. The summed E-state index contributed by atoms with van der Waals surface area (Å²) in [6.07, 6.45) is 0.813. The van der Waals surface area contributed by atoms with Crippen molar-refractivity contribution in [2.45, 2.75) is 6.42 Å². The maximum absolute atomic E-state index is 8.88. The highest BCUT2D eigenvalue weighted by atomic mass is 35.5. The van der Waals surface area contributed by atoms with E-state index in [1.54, 1.807) is 7.05 Å². The summed E-state index contributed by atoms with van der Waals surface area (Å²) in [6, 6.07) is 7.66. The molecule has 12 heavy (non-hydrogen) atoms. The molecular formula is C9H12ClNO. The Morgan fingerprint density at radius 3 is 2.83 bits per heavy atom. The van der Waals surface area contributed by atoms with E-state index in [0.717, 1.165) is 17.0 Å². The summed E-state index contributed by atoms with van der Waals surface area (Å²) >= 11 is 5.78. The molecule has 0 fully saturated rings. The monoisotopic (exact) mass is 185 g/mol. The van der Waals surface area contributed by atoms with Gasteiger partial charge in [0.2, 0.25) is 0 Å². The third-order valence-corrected chi connectivity index (χ3v) is 1.85. The summed E-state index contributed by atoms with van der Waals surface area (Å²) in [4.78, 5) is 0. The largest absolute Gasteiger partial charge is 0.314 e. The summed E-state index contributed by atoms with van der Waals surface area (Å²) in [5.41, 5.74) is 1.14. The van der Waals surface area contributed by atoms with Gasteiger partial charge in [0, 0.05) is 18.6 Å². The molecule has 0 amide bonds. The summed E-state index contributed by atoms with van der Waals surface area (Å²) in [6.45, 7) is 0.625. The van der Waals surface area contributed by atoms with Gasteiger partial charge in [0.1, 0.15) is 0 Å². The summed E-state index contributed by atoms with van der Waals surface area (Å²) in [7, 11) is 1.63. The maximum Gasteiger partial charge on any atom is 0.0408 e. The zero-order valence-electron chi connectivity index (χ0n) is 7.00. The third-order valence-electron chi connectivity index (χ3n) is 1.61. The predicted molar refractivity (Wildman–Crippen MR) is 49.6 cm³/mol. The molecule has 0 atom stereocenters. The highest BCUT2D eigenvalue weighted by molar-refractivity contribution is 6.30. The van der Waals surface area contributed by atoms with E-state index in [9.17, 15) is 0 Å². The lowest BCUT2D eigenvalue weighted by atomic mass is 10.1. The molecule has 1 aromatic rings. The minimum absolute atomic E-state index is 0.625. The molecule has 0 spiro atoms. The molecule has 3 heteroatoms. The van der Waals surface area contributed by atoms with E-state index in [2.05, 4.69) is 0 Å². The number of rotatable bonds is 3. The van der Waals surface area contributed by atoms with Crippen molar-refractivity contribution in [3.8, 4) is 0 Å². The fourth-order valence-corrected chi connectivity index (χ4v) is 1.20. The Morgan fingerprint density at radius 1 is 1.50 bits per heavy atom. The number of halogens is 1. The van der Waals surface area contributed by atoms with Crippen molar-refractivity contribution in [1.82, 2.24) is 5.06 Å². The first-order chi connectivity index (χ1) is 5.68. The van der Waals surface area contributed by atoms with Crippen LogP contribution in [0.2, 0.25) is 5.02 Å². The molecule has 1 aromatic carbocycles. The molecule has 1 rings (SSSR count). The van der Waals surface area contributed by atoms with E-state index in [1.165, 1.54) is 5.06 Å². The predicted octanol–water partition coefficient (Wildman–Crippen LogP) is 2.20. The number of likely N-dealkylation sites (N-methyl/N-ethyl adjacent to an activating group) is 1. The van der Waals surface area contributed by atoms with Gasteiger partial charge in [-0.1, -0.05) is 23.7 Å². The molecular weight excluding hydrogens is 174 g/mol. The molecule has 1 N–H and O–H groups in total. The van der Waals surface area contributed by atoms with Crippen LogP contribution < -0.4 is 0 Å². The van der Waals surface area contributed by atoms with Gasteiger partial charge in [0.25, 0.3) is 0 Å². The van der Waals surface area contributed by atoms with Crippen molar-refractivity contribution in [3.63, 3.8) is 0 Å². The Bertz CT molecular complexity index is 250. The van der Waals surface area contributed by atoms with Crippen molar-refractivity contribution in [2.24, 2.45) is 0 Å². The van der Waals surface area contributed by atoms with Gasteiger partial charge in [-0.15, -0.1) is 0 Å². The second-order valence-corrected chi connectivity index (χ2v) is 3.20. The summed E-state index contributed by atoms with van der Waals surface area (Å²) in [5.74, 6) is 0. The Labute approximate surface area is 77.3 Å². The van der Waals surface area contributed by atoms with Crippen molar-refractivity contribution >= 4 is 11.6 Å². The third kappa shape index (κ3) is 3.22. The second kappa shape index (κ2) is 4.45. The SMILES string of the molecule is CN(O)CCc1cccc(Cl)c1. The molecule has 0 radical (unpaired) electrons. The van der Waals surface area contributed by atoms with E-state index in [-0.39, 0.29) is 0 Å². The van der Waals surface area contributed by atoms with Gasteiger partial charge in [0.05, 0.1) is 0 Å². The highest BCUT2D eigenvalue weighted by Crippen LogP contribution is 2.10. The zero-order valence-corrected chi connectivity index (χ0v) is 7.75. The molecule has 0 aliphatic carbocycles. The minimum Gasteiger partial charge on any atom is -0.314 e. The van der Waals surface area contributed by atoms with E-state index in [4.69, 9.17) is 16.8 Å². The molecule has 0 aromatic heterocycles. The lowest BCUT2D eigenvalue weighted by Gasteiger charge is -2.07. The van der Waals surface area contributed by atoms with Crippen LogP contribution in [-0.4, -0.2) is 23.9 Å². The number of hydrogen-bond acceptors (Lipinski definition) is 2. The zero-order chi connectivity index (χ0) is 8.97. The number of hydroxylamine groups is 2. The first kappa shape index (κ1) is 9.52. The van der Waals surface area contributed by atoms with Crippen LogP contribution in [0.1, 0.15) is 5.56 Å². The van der Waals surface area contributed by atoms with Crippen molar-refractivity contribution < 1.29 is 5.21 Å². The topological polar surface area (TPSA) is 23.5 Å². The Morgan fingerprint density at radius 2 is 2.25 bits per heavy atom. The maximum atomic E-state index is 8.88. The van der Waals surface area contributed by atoms with Gasteiger partial charge in [-0.2, -0.15) is 5.06 Å². The van der Waals surface area contributed by atoms with Crippen LogP contribution in [0.25, 0.3) is 0 Å². The highest BCUT2D eigenvalue weighted by Gasteiger charge is 1.95. The van der Waals surface area contributed by atoms with Crippen LogP contribution in [0.3, 0.4) is 0 Å². The molecule has 2 nitrogen and oxygen atoms in total. The van der Waals surface area contributed by atoms with Crippen LogP contribution in [0.15, 0.2) is 24.3 Å². The second-order valence-electron chi connectivity index (χ2n) is 2.76. The average Bonchev–Trinajstić information content (AvgIpc) is 2.01. The van der Waals surface area contributed by atoms with E-state index >= 15 is 0 Å². The van der Waals surface area contributed by atoms with E-state index in [0.29, 0.717) is 6.54 Å². The van der Waals surface area contributed by atoms with E-state index < -0.39 is 0 Å². The van der Waals surface area contributed by atoms with Gasteiger partial charge in [-0.3, -0.25) is 0 Å². The van der Waals surface area contributed by atoms with Crippen LogP contribution in [0.4, 0.5) is 0 Å². The summed E-state index contributed by atoms with van der Waals surface area (Å²) < 4.78 is 0. The fourth-order valence-electron chi connectivity index (χ4n) is 0.983. The van der Waals surface area contributed by atoms with Crippen molar-refractivity contribution in [2.75, 3.05) is 13.6 Å². The molecule has 0 unspecified atom stereocenters. The number of nitrogens with zero attached hydrogens (tertiary/aromatic N) is 1. The van der Waals surface area contributed by atoms with Gasteiger partial charge in [-0.25, -0.2) is 0 Å². The van der Waals surface area contributed by atoms with Gasteiger partial charge in [-0.05, 0) is 24.1 Å². The molecule has 0 aliphatic rings. The molecule has 0 bridgehead atoms. The Balaban J connectivity index is 2.52. The standard InChI is InChI=1S/C9H12ClNO/c1-11(12)6-5-8-3-2-4-9(10)7-8/h2-4,7,12H,5-6H2,1H3. The van der Waals surface area contributed by atoms with Crippen LogP contribution in [-0.2, 0) is 6.42 Å². The van der Waals surface area contributed by atoms with Crippen LogP contribution in [0.5, 0.6) is 0 Å². The lowest BCUT2D eigenvalue weighted by molar-refractivity contribution is -0.0634. The van der Waals surface area contributed by atoms with Gasteiger partial charge < -0.3 is 5.21 Å². The molecule has 0 aliphatic heterocycles. The normalized spacial score (nSPS) is 10.7. The Kier molecular flexibility index (Phi) is 3.53. The number of benzene rings is 1. The Hall–Kier alpha value is -0.570. The first-order valence-electron chi connectivity index (χ1n) is 3.83. The fraction of sp³-hybridized carbons (Fsp3) is 0.333. The molecule has 66 valence electrons. The van der Waals surface area contributed by atoms with Gasteiger partial charge in [0.15, 0.2) is 0 Å². The van der Waals surface area contributed by atoms with Gasteiger partial charge >= 0.3 is 0 Å².